The van der Waals surface area contributed by atoms with Crippen molar-refractivity contribution in [2.24, 2.45) is 0 Å². The number of aromatic nitrogens is 2. The van der Waals surface area contributed by atoms with Crippen molar-refractivity contribution in [3.05, 3.63) is 52.1 Å². The largest absolute Gasteiger partial charge is 0.445 e. The number of thiazole rings is 1. The first kappa shape index (κ1) is 17.6. The topological polar surface area (TPSA) is 77.2 Å². The van der Waals surface area contributed by atoms with Gasteiger partial charge in [0.25, 0.3) is 5.91 Å². The third-order valence-electron chi connectivity index (χ3n) is 5.42. The van der Waals surface area contributed by atoms with Crippen LogP contribution in [0.2, 0.25) is 0 Å². The number of nitrogens with zero attached hydrogens (tertiary/aromatic N) is 2. The molecular formula is C21H21N3O3S. The van der Waals surface area contributed by atoms with Crippen molar-refractivity contribution in [3.8, 4) is 11.3 Å². The highest BCUT2D eigenvalue weighted by molar-refractivity contribution is 7.16. The third-order valence-corrected chi connectivity index (χ3v) is 6.31. The number of benzene rings is 1. The van der Waals surface area contributed by atoms with Crippen molar-refractivity contribution in [2.45, 2.75) is 45.1 Å². The second-order valence-corrected chi connectivity index (χ2v) is 8.49. The molecular weight excluding hydrogens is 374 g/mol. The normalized spacial score (nSPS) is 18.4. The van der Waals surface area contributed by atoms with Gasteiger partial charge in [-0.15, -0.1) is 11.3 Å². The lowest BCUT2D eigenvalue weighted by Crippen LogP contribution is -2.15. The first-order valence-electron chi connectivity index (χ1n) is 9.65. The lowest BCUT2D eigenvalue weighted by atomic mass is 10.0. The lowest BCUT2D eigenvalue weighted by molar-refractivity contribution is 0.0889. The minimum absolute atomic E-state index is 0.191. The molecule has 144 valence electrons. The highest BCUT2D eigenvalue weighted by Crippen LogP contribution is 2.34. The molecule has 1 amide bonds. The maximum absolute atomic E-state index is 12.7. The van der Waals surface area contributed by atoms with E-state index in [0.717, 1.165) is 41.8 Å². The Bertz CT molecular complexity index is 1030. The molecule has 0 radical (unpaired) electrons. The van der Waals surface area contributed by atoms with Crippen LogP contribution in [0, 0.1) is 6.92 Å². The molecule has 1 aliphatic carbocycles. The first-order chi connectivity index (χ1) is 13.7. The molecule has 1 atom stereocenters. The molecule has 0 saturated carbocycles. The van der Waals surface area contributed by atoms with Gasteiger partial charge in [-0.1, -0.05) is 12.1 Å². The molecule has 3 aromatic rings. The Morgan fingerprint density at radius 2 is 2.14 bits per heavy atom. The van der Waals surface area contributed by atoms with Crippen LogP contribution < -0.4 is 5.32 Å². The molecule has 0 bridgehead atoms. The Hall–Kier alpha value is -2.51. The fourth-order valence-electron chi connectivity index (χ4n) is 4.03. The fourth-order valence-corrected chi connectivity index (χ4v) is 4.86. The van der Waals surface area contributed by atoms with E-state index in [9.17, 15) is 4.79 Å². The zero-order valence-electron chi connectivity index (χ0n) is 15.7. The van der Waals surface area contributed by atoms with Gasteiger partial charge in [0.1, 0.15) is 6.10 Å². The maximum atomic E-state index is 12.7. The molecule has 5 rings (SSSR count). The average molecular weight is 395 g/mol. The number of anilines is 1. The van der Waals surface area contributed by atoms with Crippen LogP contribution in [0.25, 0.3) is 11.3 Å². The van der Waals surface area contributed by atoms with Crippen molar-refractivity contribution in [2.75, 3.05) is 11.9 Å². The quantitative estimate of drug-likeness (QED) is 0.693. The highest BCUT2D eigenvalue weighted by Gasteiger charge is 2.28. The number of fused-ring (bicyclic) bond motifs is 1. The SMILES string of the molecule is Cc1sc(NC(=O)c2ncoc2C2CCCO2)nc1-c1ccc2c(c1)CCC2. The van der Waals surface area contributed by atoms with Gasteiger partial charge >= 0.3 is 0 Å². The number of hydrogen-bond acceptors (Lipinski definition) is 6. The van der Waals surface area contributed by atoms with Crippen molar-refractivity contribution < 1.29 is 13.9 Å². The summed E-state index contributed by atoms with van der Waals surface area (Å²) in [5, 5.41) is 3.45. The van der Waals surface area contributed by atoms with E-state index in [0.29, 0.717) is 17.5 Å². The van der Waals surface area contributed by atoms with Crippen LogP contribution in [0.5, 0.6) is 0 Å². The summed E-state index contributed by atoms with van der Waals surface area (Å²) in [5.41, 5.74) is 5.17. The standard InChI is InChI=1S/C21H21N3O3S/c1-12-17(15-8-7-13-4-2-5-14(13)10-15)23-21(28-12)24-20(25)18-19(27-11-22-18)16-6-3-9-26-16/h7-8,10-11,16H,2-6,9H2,1H3,(H,23,24,25). The zero-order chi connectivity index (χ0) is 19.1. The average Bonchev–Trinajstić information content (AvgIpc) is 3.47. The minimum atomic E-state index is -0.312. The molecule has 6 nitrogen and oxygen atoms in total. The number of amides is 1. The van der Waals surface area contributed by atoms with E-state index in [1.54, 1.807) is 0 Å². The van der Waals surface area contributed by atoms with Crippen LogP contribution >= 0.6 is 11.3 Å². The van der Waals surface area contributed by atoms with E-state index < -0.39 is 0 Å². The molecule has 2 aromatic heterocycles. The van der Waals surface area contributed by atoms with Gasteiger partial charge in [-0.3, -0.25) is 10.1 Å². The van der Waals surface area contributed by atoms with Crippen molar-refractivity contribution in [1.82, 2.24) is 9.97 Å². The summed E-state index contributed by atoms with van der Waals surface area (Å²) in [4.78, 5) is 22.6. The second-order valence-electron chi connectivity index (χ2n) is 7.28. The van der Waals surface area contributed by atoms with Crippen molar-refractivity contribution in [3.63, 3.8) is 0 Å². The van der Waals surface area contributed by atoms with Gasteiger partial charge in [-0.25, -0.2) is 9.97 Å². The number of ether oxygens (including phenoxy) is 1. The Morgan fingerprint density at radius 3 is 3.00 bits per heavy atom. The van der Waals surface area contributed by atoms with Crippen molar-refractivity contribution >= 4 is 22.4 Å². The Kier molecular flexibility index (Phi) is 4.49. The number of oxazole rings is 1. The van der Waals surface area contributed by atoms with E-state index in [1.807, 2.05) is 6.92 Å². The first-order valence-corrected chi connectivity index (χ1v) is 10.5. The number of carbonyl (C=O) groups is 1. The number of aryl methyl sites for hydroxylation is 3. The predicted octanol–water partition coefficient (Wildman–Crippen LogP) is 4.70. The lowest BCUT2D eigenvalue weighted by Gasteiger charge is -2.07. The fraction of sp³-hybridized carbons (Fsp3) is 0.381. The molecule has 1 saturated heterocycles. The predicted molar refractivity (Wildman–Crippen MR) is 107 cm³/mol. The van der Waals surface area contributed by atoms with E-state index in [-0.39, 0.29) is 17.7 Å². The molecule has 1 aromatic carbocycles. The van der Waals surface area contributed by atoms with Crippen LogP contribution in [-0.2, 0) is 17.6 Å². The van der Waals surface area contributed by atoms with E-state index >= 15 is 0 Å². The van der Waals surface area contributed by atoms with Crippen molar-refractivity contribution in [1.29, 1.82) is 0 Å². The molecule has 2 aliphatic rings. The van der Waals surface area contributed by atoms with Gasteiger partial charge in [0.15, 0.2) is 23.0 Å². The molecule has 1 fully saturated rings. The molecule has 7 heteroatoms. The minimum Gasteiger partial charge on any atom is -0.445 e. The maximum Gasteiger partial charge on any atom is 0.279 e. The van der Waals surface area contributed by atoms with Gasteiger partial charge in [0.05, 0.1) is 5.69 Å². The van der Waals surface area contributed by atoms with E-state index in [1.165, 1.54) is 35.3 Å². The summed E-state index contributed by atoms with van der Waals surface area (Å²) in [7, 11) is 0. The molecule has 28 heavy (non-hydrogen) atoms. The van der Waals surface area contributed by atoms with Crippen LogP contribution in [0.3, 0.4) is 0 Å². The van der Waals surface area contributed by atoms with Crippen LogP contribution in [0.4, 0.5) is 5.13 Å². The van der Waals surface area contributed by atoms with Crippen LogP contribution in [0.15, 0.2) is 29.0 Å². The number of rotatable bonds is 4. The molecule has 3 heterocycles. The Labute approximate surface area is 167 Å². The van der Waals surface area contributed by atoms with Gasteiger partial charge in [0.2, 0.25) is 0 Å². The zero-order valence-corrected chi connectivity index (χ0v) is 16.5. The van der Waals surface area contributed by atoms with Crippen LogP contribution in [-0.4, -0.2) is 22.5 Å². The second kappa shape index (κ2) is 7.14. The summed E-state index contributed by atoms with van der Waals surface area (Å²) in [6.07, 6.45) is 6.43. The molecule has 1 aliphatic heterocycles. The summed E-state index contributed by atoms with van der Waals surface area (Å²) in [6, 6.07) is 6.58. The highest BCUT2D eigenvalue weighted by atomic mass is 32.1. The van der Waals surface area contributed by atoms with Gasteiger partial charge in [-0.2, -0.15) is 0 Å². The Morgan fingerprint density at radius 1 is 1.25 bits per heavy atom. The van der Waals surface area contributed by atoms with Crippen LogP contribution in [0.1, 0.15) is 57.6 Å². The summed E-state index contributed by atoms with van der Waals surface area (Å²) in [6.45, 7) is 2.71. The molecule has 0 spiro atoms. The molecule has 1 N–H and O–H groups in total. The monoisotopic (exact) mass is 395 g/mol. The third kappa shape index (κ3) is 3.14. The number of carbonyl (C=O) groups excluding carboxylic acids is 1. The van der Waals surface area contributed by atoms with E-state index in [2.05, 4.69) is 33.5 Å². The number of hydrogen-bond donors (Lipinski definition) is 1. The van der Waals surface area contributed by atoms with E-state index in [4.69, 9.17) is 9.15 Å². The van der Waals surface area contributed by atoms with Gasteiger partial charge < -0.3 is 9.15 Å². The summed E-state index contributed by atoms with van der Waals surface area (Å²) < 4.78 is 11.1. The summed E-state index contributed by atoms with van der Waals surface area (Å²) >= 11 is 1.47. The molecule has 1 unspecified atom stereocenters. The van der Waals surface area contributed by atoms with Gasteiger partial charge in [-0.05, 0) is 56.2 Å². The summed E-state index contributed by atoms with van der Waals surface area (Å²) in [5.74, 6) is 0.190. The smallest absolute Gasteiger partial charge is 0.279 e. The number of nitrogens with one attached hydrogen (secondary N) is 1. The Balaban J connectivity index is 1.38. The van der Waals surface area contributed by atoms with Gasteiger partial charge in [0, 0.05) is 17.0 Å².